The van der Waals surface area contributed by atoms with Gasteiger partial charge in [0.05, 0.1) is 6.26 Å². The van der Waals surface area contributed by atoms with E-state index < -0.39 is 24.4 Å². The summed E-state index contributed by atoms with van der Waals surface area (Å²) in [4.78, 5) is 39.6. The van der Waals surface area contributed by atoms with Crippen molar-refractivity contribution in [3.05, 3.63) is 65.1 Å². The molecular formula is C19H17N3O5S. The highest BCUT2D eigenvalue weighted by Gasteiger charge is 2.16. The van der Waals surface area contributed by atoms with Crippen LogP contribution in [0.4, 0.5) is 0 Å². The largest absolute Gasteiger partial charge is 0.459 e. The number of hydrogen-bond donors (Lipinski definition) is 2. The van der Waals surface area contributed by atoms with E-state index in [9.17, 15) is 14.4 Å². The zero-order valence-electron chi connectivity index (χ0n) is 14.9. The molecule has 0 aliphatic heterocycles. The summed E-state index contributed by atoms with van der Waals surface area (Å²) in [5.74, 6) is -2.00. The highest BCUT2D eigenvalue weighted by molar-refractivity contribution is 7.13. The van der Waals surface area contributed by atoms with E-state index in [2.05, 4.69) is 22.8 Å². The first kappa shape index (κ1) is 19.3. The Kier molecular flexibility index (Phi) is 6.18. The molecule has 0 bridgehead atoms. The molecular weight excluding hydrogens is 382 g/mol. The van der Waals surface area contributed by atoms with E-state index >= 15 is 0 Å². The molecule has 2 amide bonds. The first-order valence-corrected chi connectivity index (χ1v) is 9.29. The highest BCUT2D eigenvalue weighted by atomic mass is 32.1. The fourth-order valence-electron chi connectivity index (χ4n) is 2.22. The van der Waals surface area contributed by atoms with E-state index in [0.29, 0.717) is 5.01 Å². The lowest BCUT2D eigenvalue weighted by atomic mass is 10.1. The number of carbonyl (C=O) groups is 3. The quantitative estimate of drug-likeness (QED) is 0.487. The van der Waals surface area contributed by atoms with Gasteiger partial charge in [0.15, 0.2) is 18.1 Å². The van der Waals surface area contributed by atoms with E-state index in [0.717, 1.165) is 12.0 Å². The molecule has 3 rings (SSSR count). The van der Waals surface area contributed by atoms with E-state index in [1.165, 1.54) is 29.2 Å². The van der Waals surface area contributed by atoms with Gasteiger partial charge in [-0.15, -0.1) is 11.3 Å². The van der Waals surface area contributed by atoms with Crippen LogP contribution in [0.2, 0.25) is 0 Å². The summed E-state index contributed by atoms with van der Waals surface area (Å²) < 4.78 is 9.80. The van der Waals surface area contributed by atoms with E-state index in [-0.39, 0.29) is 11.5 Å². The summed E-state index contributed by atoms with van der Waals surface area (Å²) in [5.41, 5.74) is 6.51. The van der Waals surface area contributed by atoms with Gasteiger partial charge in [-0.1, -0.05) is 31.2 Å². The van der Waals surface area contributed by atoms with Crippen LogP contribution in [0.5, 0.6) is 0 Å². The first-order chi connectivity index (χ1) is 13.6. The van der Waals surface area contributed by atoms with Gasteiger partial charge in [0.25, 0.3) is 5.91 Å². The maximum absolute atomic E-state index is 12.1. The minimum atomic E-state index is -0.722. The van der Waals surface area contributed by atoms with Crippen LogP contribution in [0, 0.1) is 0 Å². The van der Waals surface area contributed by atoms with E-state index in [4.69, 9.17) is 9.15 Å². The van der Waals surface area contributed by atoms with Crippen molar-refractivity contribution in [2.75, 3.05) is 6.61 Å². The standard InChI is InChI=1S/C19H17N3O5S/c1-2-12-5-7-13(8-6-12)18-20-14(11-28-18)19(25)27-10-16(23)21-22-17(24)15-4-3-9-26-15/h3-9,11H,2,10H2,1H3,(H,21,23)(H,22,24). The third-order valence-electron chi connectivity index (χ3n) is 3.72. The smallest absolute Gasteiger partial charge is 0.358 e. The number of carbonyl (C=O) groups excluding carboxylic acids is 3. The molecule has 1 aromatic carbocycles. The highest BCUT2D eigenvalue weighted by Crippen LogP contribution is 2.24. The van der Waals surface area contributed by atoms with Crippen molar-refractivity contribution < 1.29 is 23.5 Å². The Morgan fingerprint density at radius 2 is 1.93 bits per heavy atom. The Hall–Kier alpha value is -3.46. The molecule has 8 nitrogen and oxygen atoms in total. The van der Waals surface area contributed by atoms with E-state index in [1.807, 2.05) is 24.3 Å². The van der Waals surface area contributed by atoms with Gasteiger partial charge in [-0.25, -0.2) is 9.78 Å². The summed E-state index contributed by atoms with van der Waals surface area (Å²) in [6.07, 6.45) is 2.28. The van der Waals surface area contributed by atoms with Crippen LogP contribution in [0.25, 0.3) is 10.6 Å². The molecule has 144 valence electrons. The average molecular weight is 399 g/mol. The Morgan fingerprint density at radius 1 is 1.14 bits per heavy atom. The maximum Gasteiger partial charge on any atom is 0.358 e. The Balaban J connectivity index is 1.48. The molecule has 2 heterocycles. The number of hydrogen-bond acceptors (Lipinski definition) is 7. The number of rotatable bonds is 6. The van der Waals surface area contributed by atoms with Crippen LogP contribution >= 0.6 is 11.3 Å². The molecule has 2 N–H and O–H groups in total. The number of ether oxygens (including phenoxy) is 1. The predicted molar refractivity (Wildman–Crippen MR) is 102 cm³/mol. The van der Waals surface area contributed by atoms with E-state index in [1.54, 1.807) is 11.4 Å². The maximum atomic E-state index is 12.1. The van der Waals surface area contributed by atoms with Gasteiger partial charge < -0.3 is 9.15 Å². The summed E-state index contributed by atoms with van der Waals surface area (Å²) in [5, 5.41) is 2.26. The van der Waals surface area contributed by atoms with Crippen molar-refractivity contribution in [3.8, 4) is 10.6 Å². The van der Waals surface area contributed by atoms with Crippen molar-refractivity contribution in [2.24, 2.45) is 0 Å². The fourth-order valence-corrected chi connectivity index (χ4v) is 3.02. The summed E-state index contributed by atoms with van der Waals surface area (Å²) in [6, 6.07) is 10.9. The van der Waals surface area contributed by atoms with Crippen LogP contribution < -0.4 is 10.9 Å². The molecule has 0 atom stereocenters. The van der Waals surface area contributed by atoms with Gasteiger partial charge in [0, 0.05) is 10.9 Å². The van der Waals surface area contributed by atoms with Crippen LogP contribution in [0.15, 0.2) is 52.5 Å². The minimum Gasteiger partial charge on any atom is -0.459 e. The second-order valence-electron chi connectivity index (χ2n) is 5.64. The molecule has 0 spiro atoms. The Morgan fingerprint density at radius 3 is 2.61 bits per heavy atom. The number of nitrogens with one attached hydrogen (secondary N) is 2. The Bertz CT molecular complexity index is 964. The third kappa shape index (κ3) is 4.83. The van der Waals surface area contributed by atoms with Gasteiger partial charge in [0.2, 0.25) is 0 Å². The number of esters is 1. The summed E-state index contributed by atoms with van der Waals surface area (Å²) in [6.45, 7) is 1.51. The van der Waals surface area contributed by atoms with Gasteiger partial charge in [0.1, 0.15) is 5.01 Å². The molecule has 0 unspecified atom stereocenters. The van der Waals surface area contributed by atoms with Crippen LogP contribution in [-0.2, 0) is 16.0 Å². The summed E-state index contributed by atoms with van der Waals surface area (Å²) in [7, 11) is 0. The molecule has 0 radical (unpaired) electrons. The number of aryl methyl sites for hydroxylation is 1. The number of hydrazine groups is 1. The van der Waals surface area contributed by atoms with Crippen molar-refractivity contribution in [1.82, 2.24) is 15.8 Å². The second kappa shape index (κ2) is 8.96. The van der Waals surface area contributed by atoms with Crippen LogP contribution in [-0.4, -0.2) is 29.4 Å². The lowest BCUT2D eigenvalue weighted by molar-refractivity contribution is -0.125. The number of amides is 2. The molecule has 3 aromatic rings. The topological polar surface area (TPSA) is 111 Å². The molecule has 0 saturated carbocycles. The number of benzene rings is 1. The van der Waals surface area contributed by atoms with Crippen LogP contribution in [0.1, 0.15) is 33.5 Å². The molecule has 0 saturated heterocycles. The normalized spacial score (nSPS) is 10.3. The van der Waals surface area contributed by atoms with Gasteiger partial charge in [-0.05, 0) is 24.1 Å². The molecule has 0 fully saturated rings. The number of thiazole rings is 1. The average Bonchev–Trinajstić information content (AvgIpc) is 3.42. The lowest BCUT2D eigenvalue weighted by Crippen LogP contribution is -2.43. The monoisotopic (exact) mass is 399 g/mol. The third-order valence-corrected chi connectivity index (χ3v) is 4.61. The van der Waals surface area contributed by atoms with Crippen LogP contribution in [0.3, 0.4) is 0 Å². The molecule has 0 aliphatic rings. The number of nitrogens with zero attached hydrogens (tertiary/aromatic N) is 1. The van der Waals surface area contributed by atoms with Crippen molar-refractivity contribution in [2.45, 2.75) is 13.3 Å². The lowest BCUT2D eigenvalue weighted by Gasteiger charge is -2.06. The number of furan rings is 1. The van der Waals surface area contributed by atoms with Gasteiger partial charge >= 0.3 is 11.9 Å². The zero-order chi connectivity index (χ0) is 19.9. The summed E-state index contributed by atoms with van der Waals surface area (Å²) >= 11 is 1.31. The van der Waals surface area contributed by atoms with Crippen molar-refractivity contribution in [3.63, 3.8) is 0 Å². The zero-order valence-corrected chi connectivity index (χ0v) is 15.7. The SMILES string of the molecule is CCc1ccc(-c2nc(C(=O)OCC(=O)NNC(=O)c3ccco3)cs2)cc1. The minimum absolute atomic E-state index is 0.0410. The predicted octanol–water partition coefficient (Wildman–Crippen LogP) is 2.58. The van der Waals surface area contributed by atoms with Gasteiger partial charge in [-0.3, -0.25) is 20.4 Å². The molecule has 28 heavy (non-hydrogen) atoms. The molecule has 0 aliphatic carbocycles. The second-order valence-corrected chi connectivity index (χ2v) is 6.50. The van der Waals surface area contributed by atoms with Crippen molar-refractivity contribution >= 4 is 29.1 Å². The molecule has 2 aromatic heterocycles. The van der Waals surface area contributed by atoms with Gasteiger partial charge in [-0.2, -0.15) is 0 Å². The molecule has 9 heteroatoms. The number of aromatic nitrogens is 1. The Labute approximate surface area is 164 Å². The first-order valence-electron chi connectivity index (χ1n) is 8.41. The van der Waals surface area contributed by atoms with Crippen molar-refractivity contribution in [1.29, 1.82) is 0 Å². The fraction of sp³-hybridized carbons (Fsp3) is 0.158.